The van der Waals surface area contributed by atoms with Crippen molar-refractivity contribution in [3.05, 3.63) is 101 Å². The average Bonchev–Trinajstić information content (AvgIpc) is 3.12. The number of nitrogens with zero attached hydrogens (tertiary/aromatic N) is 1. The maximum atomic E-state index is 6.42. The Balaban J connectivity index is 1.68. The lowest BCUT2D eigenvalue weighted by atomic mass is 9.87. The van der Waals surface area contributed by atoms with Gasteiger partial charge in [0.1, 0.15) is 5.58 Å². The van der Waals surface area contributed by atoms with E-state index in [4.69, 9.17) is 10.3 Å². The van der Waals surface area contributed by atoms with Crippen LogP contribution in [0.5, 0.6) is 0 Å². The summed E-state index contributed by atoms with van der Waals surface area (Å²) in [7, 11) is 0. The number of fused-ring (bicyclic) bond motifs is 4. The fraction of sp³-hybridized carbons (Fsp3) is 0.200. The zero-order valence-corrected chi connectivity index (χ0v) is 16.4. The Morgan fingerprint density at radius 2 is 1.97 bits per heavy atom. The van der Waals surface area contributed by atoms with Crippen LogP contribution in [0.2, 0.25) is 0 Å². The Morgan fingerprint density at radius 1 is 1.07 bits per heavy atom. The van der Waals surface area contributed by atoms with Crippen LogP contribution in [0.25, 0.3) is 16.7 Å². The molecule has 0 saturated carbocycles. The monoisotopic (exact) mass is 383 g/mol. The van der Waals surface area contributed by atoms with E-state index in [1.165, 1.54) is 27.8 Å². The van der Waals surface area contributed by atoms with E-state index < -0.39 is 0 Å². The Kier molecular flexibility index (Phi) is 4.58. The normalized spacial score (nSPS) is 21.1. The maximum absolute atomic E-state index is 6.42. The molecule has 0 radical (unpaired) electrons. The van der Waals surface area contributed by atoms with Crippen LogP contribution in [0, 0.1) is 0 Å². The van der Waals surface area contributed by atoms with E-state index in [1.54, 1.807) is 0 Å². The summed E-state index contributed by atoms with van der Waals surface area (Å²) in [5.74, 6) is 6.48. The van der Waals surface area contributed by atoms with E-state index >= 15 is 0 Å². The smallest absolute Gasteiger partial charge is 0.155 e. The van der Waals surface area contributed by atoms with Crippen molar-refractivity contribution in [2.75, 3.05) is 6.54 Å². The second kappa shape index (κ2) is 7.39. The second-order valence-electron chi connectivity index (χ2n) is 7.69. The van der Waals surface area contributed by atoms with Gasteiger partial charge in [0, 0.05) is 29.4 Å². The Bertz CT molecular complexity index is 1140. The molecule has 0 spiro atoms. The summed E-state index contributed by atoms with van der Waals surface area (Å²) < 4.78 is 6.42. The molecule has 3 aliphatic rings. The topological polar surface area (TPSA) is 54.4 Å². The fourth-order valence-electron chi connectivity index (χ4n) is 4.48. The van der Waals surface area contributed by atoms with E-state index in [-0.39, 0.29) is 0 Å². The molecule has 0 atom stereocenters. The Hall–Kier alpha value is -3.08. The maximum Gasteiger partial charge on any atom is 0.155 e. The van der Waals surface area contributed by atoms with Crippen LogP contribution in [-0.2, 0) is 6.42 Å². The fourth-order valence-corrected chi connectivity index (χ4v) is 4.48. The third kappa shape index (κ3) is 3.11. The molecule has 1 aromatic heterocycles. The van der Waals surface area contributed by atoms with Gasteiger partial charge in [0.2, 0.25) is 0 Å². The molecule has 0 unspecified atom stereocenters. The number of nitrogens with one attached hydrogen (secondary N) is 1. The van der Waals surface area contributed by atoms with Gasteiger partial charge in [-0.3, -0.25) is 11.3 Å². The van der Waals surface area contributed by atoms with E-state index in [0.717, 1.165) is 54.8 Å². The summed E-state index contributed by atoms with van der Waals surface area (Å²) in [6, 6.07) is 8.34. The van der Waals surface area contributed by atoms with Crippen molar-refractivity contribution >= 4 is 16.7 Å². The number of allylic oxidation sites excluding steroid dienone is 8. The van der Waals surface area contributed by atoms with Crippen LogP contribution in [0.15, 0.2) is 94.3 Å². The van der Waals surface area contributed by atoms with Gasteiger partial charge in [0.15, 0.2) is 5.76 Å². The molecule has 1 aromatic carbocycles. The summed E-state index contributed by atoms with van der Waals surface area (Å²) >= 11 is 0. The summed E-state index contributed by atoms with van der Waals surface area (Å²) in [6.45, 7) is 5.07. The Morgan fingerprint density at radius 3 is 2.79 bits per heavy atom. The summed E-state index contributed by atoms with van der Waals surface area (Å²) in [5.41, 5.74) is 11.0. The van der Waals surface area contributed by atoms with Crippen LogP contribution in [-0.4, -0.2) is 11.4 Å². The van der Waals surface area contributed by atoms with Crippen LogP contribution in [0.4, 0.5) is 0 Å². The molecule has 0 amide bonds. The average molecular weight is 383 g/mol. The number of rotatable bonds is 3. The van der Waals surface area contributed by atoms with Gasteiger partial charge in [0.25, 0.3) is 0 Å². The molecule has 29 heavy (non-hydrogen) atoms. The van der Waals surface area contributed by atoms with Crippen LogP contribution in [0.3, 0.4) is 0 Å². The highest BCUT2D eigenvalue weighted by molar-refractivity contribution is 5.89. The number of hydrazine groups is 1. The number of benzene rings is 1. The zero-order chi connectivity index (χ0) is 19.8. The minimum atomic E-state index is 0.723. The van der Waals surface area contributed by atoms with E-state index in [1.807, 2.05) is 6.07 Å². The van der Waals surface area contributed by atoms with Crippen LogP contribution in [0.1, 0.15) is 30.6 Å². The van der Waals surface area contributed by atoms with Gasteiger partial charge >= 0.3 is 0 Å². The molecule has 2 aromatic rings. The Labute approximate surface area is 171 Å². The quantitative estimate of drug-likeness (QED) is 0.572. The van der Waals surface area contributed by atoms with Crippen molar-refractivity contribution in [1.82, 2.24) is 10.3 Å². The molecule has 146 valence electrons. The third-order valence-electron chi connectivity index (χ3n) is 5.95. The van der Waals surface area contributed by atoms with Crippen molar-refractivity contribution in [1.29, 1.82) is 0 Å². The molecule has 0 saturated heterocycles. The number of nitrogens with two attached hydrogens (primary N) is 1. The van der Waals surface area contributed by atoms with Gasteiger partial charge in [-0.25, -0.2) is 0 Å². The molecule has 2 aliphatic carbocycles. The third-order valence-corrected chi connectivity index (χ3v) is 5.95. The van der Waals surface area contributed by atoms with Gasteiger partial charge in [-0.15, -0.1) is 0 Å². The van der Waals surface area contributed by atoms with Crippen molar-refractivity contribution in [3.8, 4) is 0 Å². The lowest BCUT2D eigenvalue weighted by Crippen LogP contribution is -2.26. The predicted molar refractivity (Wildman–Crippen MR) is 118 cm³/mol. The number of para-hydroxylation sites is 1. The SMILES string of the molecule is C=C1/C=C\C=C/N(C2=CC=C(CNN)CC2)C2=C1CCc1c2oc2ccccc12. The first-order chi connectivity index (χ1) is 14.3. The summed E-state index contributed by atoms with van der Waals surface area (Å²) in [6.07, 6.45) is 16.7. The van der Waals surface area contributed by atoms with Gasteiger partial charge < -0.3 is 9.32 Å². The number of hydrogen-bond donors (Lipinski definition) is 2. The van der Waals surface area contributed by atoms with Crippen molar-refractivity contribution in [3.63, 3.8) is 0 Å². The van der Waals surface area contributed by atoms with Gasteiger partial charge in [-0.1, -0.05) is 48.6 Å². The number of aryl methyl sites for hydroxylation is 1. The van der Waals surface area contributed by atoms with Gasteiger partial charge in [0.05, 0.1) is 5.70 Å². The van der Waals surface area contributed by atoms with E-state index in [2.05, 4.69) is 71.7 Å². The lowest BCUT2D eigenvalue weighted by molar-refractivity contribution is 0.528. The standard InChI is InChI=1S/C25H25N3O/c1-17-6-4-5-15-28(19-11-9-18(10-12-19)16-27-26)24-20(17)13-14-22-21-7-2-3-8-23(21)29-25(22)24/h2-9,11,15,27H,1,10,12-14,16,26H2/b6-4-,15-5-. The van der Waals surface area contributed by atoms with Gasteiger partial charge in [-0.05, 0) is 55.0 Å². The first-order valence-electron chi connectivity index (χ1n) is 10.2. The predicted octanol–water partition coefficient (Wildman–Crippen LogP) is 5.10. The minimum absolute atomic E-state index is 0.723. The highest BCUT2D eigenvalue weighted by atomic mass is 16.3. The van der Waals surface area contributed by atoms with Crippen molar-refractivity contribution in [2.24, 2.45) is 5.84 Å². The highest BCUT2D eigenvalue weighted by Gasteiger charge is 2.30. The number of furan rings is 1. The van der Waals surface area contributed by atoms with Crippen LogP contribution < -0.4 is 11.3 Å². The second-order valence-corrected chi connectivity index (χ2v) is 7.69. The molecule has 1 aliphatic heterocycles. The summed E-state index contributed by atoms with van der Waals surface area (Å²) in [4.78, 5) is 2.30. The molecule has 0 bridgehead atoms. The lowest BCUT2D eigenvalue weighted by Gasteiger charge is -2.33. The minimum Gasteiger partial charge on any atom is -0.454 e. The largest absolute Gasteiger partial charge is 0.454 e. The zero-order valence-electron chi connectivity index (χ0n) is 16.4. The molecule has 3 N–H and O–H groups in total. The summed E-state index contributed by atoms with van der Waals surface area (Å²) in [5, 5.41) is 1.22. The molecule has 5 rings (SSSR count). The van der Waals surface area contributed by atoms with Crippen LogP contribution >= 0.6 is 0 Å². The first kappa shape index (κ1) is 18.0. The highest BCUT2D eigenvalue weighted by Crippen LogP contribution is 2.44. The molecule has 0 fully saturated rings. The van der Waals surface area contributed by atoms with Crippen molar-refractivity contribution < 1.29 is 4.42 Å². The van der Waals surface area contributed by atoms with E-state index in [9.17, 15) is 0 Å². The first-order valence-corrected chi connectivity index (χ1v) is 10.2. The van der Waals surface area contributed by atoms with Gasteiger partial charge in [-0.2, -0.15) is 0 Å². The van der Waals surface area contributed by atoms with E-state index in [0.29, 0.717) is 0 Å². The molecule has 2 heterocycles. The molecular formula is C25H25N3O. The van der Waals surface area contributed by atoms with Crippen molar-refractivity contribution in [2.45, 2.75) is 25.7 Å². The molecule has 4 nitrogen and oxygen atoms in total. The molecule has 4 heteroatoms. The molecular weight excluding hydrogens is 358 g/mol. The number of hydrogen-bond acceptors (Lipinski definition) is 4.